The summed E-state index contributed by atoms with van der Waals surface area (Å²) in [5.74, 6) is 0.751. The van der Waals surface area contributed by atoms with Crippen molar-refractivity contribution in [1.82, 2.24) is 5.16 Å². The molecular weight excluding hydrogens is 250 g/mol. The molecule has 0 amide bonds. The number of fused-ring (bicyclic) bond motifs is 1. The van der Waals surface area contributed by atoms with E-state index in [-0.39, 0.29) is 0 Å². The van der Waals surface area contributed by atoms with Gasteiger partial charge in [0.2, 0.25) is 0 Å². The predicted octanol–water partition coefficient (Wildman–Crippen LogP) is 4.16. The molecule has 90 valence electrons. The topological polar surface area (TPSA) is 35.3 Å². The average Bonchev–Trinajstić information content (AvgIpc) is 2.82. The van der Waals surface area contributed by atoms with Crippen molar-refractivity contribution in [3.8, 4) is 17.0 Å². The number of ether oxygens (including phenoxy) is 1. The molecule has 4 heteroatoms. The first-order valence-corrected chi connectivity index (χ1v) is 5.85. The van der Waals surface area contributed by atoms with Gasteiger partial charge in [-0.3, -0.25) is 0 Å². The highest BCUT2D eigenvalue weighted by Gasteiger charge is 2.10. The van der Waals surface area contributed by atoms with Gasteiger partial charge in [0, 0.05) is 22.0 Å². The number of rotatable bonds is 2. The Morgan fingerprint density at radius 2 is 1.89 bits per heavy atom. The molecule has 18 heavy (non-hydrogen) atoms. The summed E-state index contributed by atoms with van der Waals surface area (Å²) in [5, 5.41) is 5.76. The van der Waals surface area contributed by atoms with E-state index in [2.05, 4.69) is 5.16 Å². The number of hydrogen-bond acceptors (Lipinski definition) is 3. The molecule has 0 radical (unpaired) electrons. The molecule has 0 spiro atoms. The van der Waals surface area contributed by atoms with E-state index in [9.17, 15) is 0 Å². The second-order valence-electron chi connectivity index (χ2n) is 3.90. The molecular formula is C14H10ClNO2. The Hall–Kier alpha value is -2.00. The van der Waals surface area contributed by atoms with E-state index >= 15 is 0 Å². The summed E-state index contributed by atoms with van der Waals surface area (Å²) in [6, 6.07) is 13.2. The number of aromatic nitrogens is 1. The summed E-state index contributed by atoms with van der Waals surface area (Å²) in [6.07, 6.45) is 0. The molecule has 0 bridgehead atoms. The lowest BCUT2D eigenvalue weighted by atomic mass is 10.1. The van der Waals surface area contributed by atoms with E-state index in [0.717, 1.165) is 22.4 Å². The number of hydrogen-bond donors (Lipinski definition) is 0. The van der Waals surface area contributed by atoms with Crippen molar-refractivity contribution in [3.63, 3.8) is 0 Å². The normalized spacial score (nSPS) is 10.8. The molecule has 0 N–H and O–H groups in total. The summed E-state index contributed by atoms with van der Waals surface area (Å²) < 4.78 is 10.5. The highest BCUT2D eigenvalue weighted by Crippen LogP contribution is 2.30. The molecule has 1 aromatic heterocycles. The molecule has 2 aromatic carbocycles. The third kappa shape index (κ3) is 1.83. The summed E-state index contributed by atoms with van der Waals surface area (Å²) in [6.45, 7) is 0. The van der Waals surface area contributed by atoms with Crippen LogP contribution in [0.15, 0.2) is 47.0 Å². The average molecular weight is 260 g/mol. The van der Waals surface area contributed by atoms with Crippen LogP contribution in [0, 0.1) is 0 Å². The minimum absolute atomic E-state index is 0.702. The largest absolute Gasteiger partial charge is 0.497 e. The van der Waals surface area contributed by atoms with E-state index < -0.39 is 0 Å². The van der Waals surface area contributed by atoms with Crippen LogP contribution < -0.4 is 4.74 Å². The molecule has 0 saturated carbocycles. The van der Waals surface area contributed by atoms with Crippen molar-refractivity contribution in [3.05, 3.63) is 47.5 Å². The first kappa shape index (κ1) is 11.1. The maximum Gasteiger partial charge on any atom is 0.171 e. The van der Waals surface area contributed by atoms with Gasteiger partial charge in [0.05, 0.1) is 7.11 Å². The van der Waals surface area contributed by atoms with Crippen molar-refractivity contribution in [2.45, 2.75) is 0 Å². The van der Waals surface area contributed by atoms with Gasteiger partial charge in [-0.2, -0.15) is 0 Å². The molecule has 0 aliphatic rings. The van der Waals surface area contributed by atoms with Crippen LogP contribution in [0.5, 0.6) is 5.75 Å². The second-order valence-corrected chi connectivity index (χ2v) is 4.34. The van der Waals surface area contributed by atoms with E-state index in [1.807, 2.05) is 42.5 Å². The SMILES string of the molecule is COc1ccc2c(-c3ccc(Cl)cc3)noc2c1. The zero-order valence-electron chi connectivity index (χ0n) is 9.68. The molecule has 0 aliphatic heterocycles. The highest BCUT2D eigenvalue weighted by molar-refractivity contribution is 6.30. The molecule has 0 unspecified atom stereocenters. The van der Waals surface area contributed by atoms with Gasteiger partial charge < -0.3 is 9.26 Å². The summed E-state index contributed by atoms with van der Waals surface area (Å²) in [5.41, 5.74) is 2.49. The molecule has 3 nitrogen and oxygen atoms in total. The molecule has 3 rings (SSSR count). The Labute approximate surface area is 109 Å². The summed E-state index contributed by atoms with van der Waals surface area (Å²) in [4.78, 5) is 0. The van der Waals surface area contributed by atoms with E-state index in [1.165, 1.54) is 0 Å². The van der Waals surface area contributed by atoms with Gasteiger partial charge in [0.25, 0.3) is 0 Å². The quantitative estimate of drug-likeness (QED) is 0.693. The third-order valence-corrected chi connectivity index (χ3v) is 3.05. The predicted molar refractivity (Wildman–Crippen MR) is 71.0 cm³/mol. The lowest BCUT2D eigenvalue weighted by Gasteiger charge is -1.99. The minimum Gasteiger partial charge on any atom is -0.497 e. The zero-order chi connectivity index (χ0) is 12.5. The fourth-order valence-corrected chi connectivity index (χ4v) is 1.99. The van der Waals surface area contributed by atoms with Crippen molar-refractivity contribution in [1.29, 1.82) is 0 Å². The highest BCUT2D eigenvalue weighted by atomic mass is 35.5. The Bertz CT molecular complexity index is 689. The lowest BCUT2D eigenvalue weighted by Crippen LogP contribution is -1.81. The van der Waals surface area contributed by atoms with Gasteiger partial charge >= 0.3 is 0 Å². The van der Waals surface area contributed by atoms with E-state index in [1.54, 1.807) is 7.11 Å². The lowest BCUT2D eigenvalue weighted by molar-refractivity contribution is 0.412. The molecule has 3 aromatic rings. The Morgan fingerprint density at radius 1 is 1.11 bits per heavy atom. The number of halogens is 1. The molecule has 0 fully saturated rings. The van der Waals surface area contributed by atoms with Gasteiger partial charge in [-0.1, -0.05) is 28.9 Å². The Kier molecular flexibility index (Phi) is 2.68. The monoisotopic (exact) mass is 259 g/mol. The van der Waals surface area contributed by atoms with Crippen LogP contribution in [-0.2, 0) is 0 Å². The molecule has 0 saturated heterocycles. The minimum atomic E-state index is 0.702. The van der Waals surface area contributed by atoms with Crippen LogP contribution in [-0.4, -0.2) is 12.3 Å². The summed E-state index contributed by atoms with van der Waals surface area (Å²) >= 11 is 5.87. The zero-order valence-corrected chi connectivity index (χ0v) is 10.4. The first-order valence-electron chi connectivity index (χ1n) is 5.47. The fraction of sp³-hybridized carbons (Fsp3) is 0.0714. The summed E-state index contributed by atoms with van der Waals surface area (Å²) in [7, 11) is 1.62. The van der Waals surface area contributed by atoms with E-state index in [0.29, 0.717) is 10.6 Å². The van der Waals surface area contributed by atoms with Crippen molar-refractivity contribution >= 4 is 22.6 Å². The molecule has 0 aliphatic carbocycles. The Morgan fingerprint density at radius 3 is 2.61 bits per heavy atom. The van der Waals surface area contributed by atoms with Crippen LogP contribution in [0.4, 0.5) is 0 Å². The van der Waals surface area contributed by atoms with Crippen molar-refractivity contribution in [2.24, 2.45) is 0 Å². The fourth-order valence-electron chi connectivity index (χ4n) is 1.86. The van der Waals surface area contributed by atoms with Crippen LogP contribution in [0.2, 0.25) is 5.02 Å². The van der Waals surface area contributed by atoms with Gasteiger partial charge in [0.1, 0.15) is 11.4 Å². The first-order chi connectivity index (χ1) is 8.78. The van der Waals surface area contributed by atoms with Gasteiger partial charge in [-0.05, 0) is 24.3 Å². The molecule has 1 heterocycles. The van der Waals surface area contributed by atoms with Gasteiger partial charge in [0.15, 0.2) is 5.58 Å². The van der Waals surface area contributed by atoms with Gasteiger partial charge in [-0.15, -0.1) is 0 Å². The molecule has 0 atom stereocenters. The maximum atomic E-state index is 5.87. The van der Waals surface area contributed by atoms with Crippen molar-refractivity contribution < 1.29 is 9.26 Å². The number of benzene rings is 2. The second kappa shape index (κ2) is 4.35. The number of methoxy groups -OCH3 is 1. The number of nitrogens with zero attached hydrogens (tertiary/aromatic N) is 1. The smallest absolute Gasteiger partial charge is 0.171 e. The van der Waals surface area contributed by atoms with E-state index in [4.69, 9.17) is 20.9 Å². The van der Waals surface area contributed by atoms with Crippen LogP contribution in [0.25, 0.3) is 22.2 Å². The van der Waals surface area contributed by atoms with Crippen molar-refractivity contribution in [2.75, 3.05) is 7.11 Å². The Balaban J connectivity index is 2.15. The third-order valence-electron chi connectivity index (χ3n) is 2.80. The van der Waals surface area contributed by atoms with Crippen LogP contribution >= 0.6 is 11.6 Å². The maximum absolute atomic E-state index is 5.87. The standard InChI is InChI=1S/C14H10ClNO2/c1-17-11-6-7-12-13(8-11)18-16-14(12)9-2-4-10(15)5-3-9/h2-8H,1H3. The van der Waals surface area contributed by atoms with Gasteiger partial charge in [-0.25, -0.2) is 0 Å². The van der Waals surface area contributed by atoms with Crippen LogP contribution in [0.1, 0.15) is 0 Å². The van der Waals surface area contributed by atoms with Crippen LogP contribution in [0.3, 0.4) is 0 Å².